The summed E-state index contributed by atoms with van der Waals surface area (Å²) in [4.78, 5) is 25.7. The number of carbonyl (C=O) groups excluding carboxylic acids is 1. The topological polar surface area (TPSA) is 68.9 Å². The molecule has 0 saturated carbocycles. The Bertz CT molecular complexity index is 1190. The van der Waals surface area contributed by atoms with Crippen LogP contribution < -0.4 is 10.9 Å². The van der Waals surface area contributed by atoms with Gasteiger partial charge in [0.25, 0.3) is 5.56 Å². The van der Waals surface area contributed by atoms with Crippen LogP contribution in [0.15, 0.2) is 64.9 Å². The summed E-state index contributed by atoms with van der Waals surface area (Å²) in [6.45, 7) is 4.09. The third-order valence-electron chi connectivity index (χ3n) is 4.53. The molecule has 0 aliphatic rings. The maximum absolute atomic E-state index is 12.6. The Labute approximate surface area is 166 Å². The molecule has 0 saturated heterocycles. The molecule has 0 atom stereocenters. The lowest BCUT2D eigenvalue weighted by Gasteiger charge is -2.11. The lowest BCUT2D eigenvalue weighted by Crippen LogP contribution is -2.29. The van der Waals surface area contributed by atoms with Crippen LogP contribution in [-0.4, -0.2) is 20.3 Å². The van der Waals surface area contributed by atoms with E-state index in [4.69, 9.17) is 0 Å². The number of hydrogen-bond donors (Lipinski definition) is 1. The van der Waals surface area contributed by atoms with Gasteiger partial charge >= 0.3 is 0 Å². The van der Waals surface area contributed by atoms with E-state index in [0.29, 0.717) is 11.7 Å². The van der Waals surface area contributed by atoms with Crippen LogP contribution in [0.5, 0.6) is 0 Å². The molecular formula is C21H20N4O2S. The summed E-state index contributed by atoms with van der Waals surface area (Å²) >= 11 is 1.54. The summed E-state index contributed by atoms with van der Waals surface area (Å²) in [5.41, 5.74) is 2.16. The fourth-order valence-electron chi connectivity index (χ4n) is 3.19. The first kappa shape index (κ1) is 18.2. The predicted molar refractivity (Wildman–Crippen MR) is 113 cm³/mol. The van der Waals surface area contributed by atoms with E-state index >= 15 is 0 Å². The van der Waals surface area contributed by atoms with Crippen molar-refractivity contribution in [3.63, 3.8) is 0 Å². The van der Waals surface area contributed by atoms with Gasteiger partial charge in [-0.15, -0.1) is 11.3 Å². The van der Waals surface area contributed by atoms with Crippen molar-refractivity contribution in [3.05, 3.63) is 70.5 Å². The van der Waals surface area contributed by atoms with E-state index in [9.17, 15) is 9.59 Å². The zero-order valence-electron chi connectivity index (χ0n) is 15.6. The highest BCUT2D eigenvalue weighted by molar-refractivity contribution is 7.13. The van der Waals surface area contributed by atoms with Gasteiger partial charge in [0.1, 0.15) is 12.2 Å². The van der Waals surface area contributed by atoms with E-state index < -0.39 is 0 Å². The summed E-state index contributed by atoms with van der Waals surface area (Å²) in [7, 11) is 0. The van der Waals surface area contributed by atoms with Gasteiger partial charge in [-0.1, -0.05) is 12.1 Å². The molecule has 1 N–H and O–H groups in total. The molecule has 0 unspecified atom stereocenters. The number of aromatic nitrogens is 3. The minimum Gasteiger partial charge on any atom is -0.345 e. The summed E-state index contributed by atoms with van der Waals surface area (Å²) in [6.07, 6.45) is 2.02. The van der Waals surface area contributed by atoms with Gasteiger partial charge in [0.2, 0.25) is 5.91 Å². The van der Waals surface area contributed by atoms with Crippen LogP contribution in [0.25, 0.3) is 21.5 Å². The lowest BCUT2D eigenvalue weighted by atomic mass is 10.2. The van der Waals surface area contributed by atoms with Gasteiger partial charge in [-0.2, -0.15) is 5.10 Å². The van der Waals surface area contributed by atoms with Crippen LogP contribution in [0.3, 0.4) is 0 Å². The quantitative estimate of drug-likeness (QED) is 0.555. The Morgan fingerprint density at radius 1 is 1.14 bits per heavy atom. The monoisotopic (exact) mass is 392 g/mol. The second-order valence-corrected chi connectivity index (χ2v) is 7.74. The molecule has 0 spiro atoms. The van der Waals surface area contributed by atoms with E-state index in [2.05, 4.69) is 28.8 Å². The molecule has 3 aromatic heterocycles. The van der Waals surface area contributed by atoms with Gasteiger partial charge in [0.05, 0.1) is 16.1 Å². The molecule has 3 heterocycles. The molecule has 0 aliphatic heterocycles. The molecule has 1 amide bonds. The van der Waals surface area contributed by atoms with E-state index in [-0.39, 0.29) is 18.0 Å². The van der Waals surface area contributed by atoms with Crippen molar-refractivity contribution >= 4 is 33.8 Å². The number of amides is 1. The minimum absolute atomic E-state index is 0.140. The number of hydrogen-bond acceptors (Lipinski definition) is 4. The van der Waals surface area contributed by atoms with Gasteiger partial charge < -0.3 is 9.88 Å². The Morgan fingerprint density at radius 3 is 2.75 bits per heavy atom. The number of nitrogens with one attached hydrogen (secondary N) is 1. The number of nitrogens with zero attached hydrogens (tertiary/aromatic N) is 3. The van der Waals surface area contributed by atoms with Crippen molar-refractivity contribution < 1.29 is 4.79 Å². The average Bonchev–Trinajstić information content (AvgIpc) is 3.33. The predicted octanol–water partition coefficient (Wildman–Crippen LogP) is 4.15. The van der Waals surface area contributed by atoms with Crippen LogP contribution in [0.1, 0.15) is 19.9 Å². The molecule has 1 aromatic carbocycles. The molecule has 142 valence electrons. The molecule has 0 radical (unpaired) electrons. The summed E-state index contributed by atoms with van der Waals surface area (Å²) < 4.78 is 3.35. The maximum atomic E-state index is 12.6. The first-order valence-electron chi connectivity index (χ1n) is 9.04. The van der Waals surface area contributed by atoms with E-state index in [1.54, 1.807) is 6.07 Å². The number of rotatable bonds is 5. The summed E-state index contributed by atoms with van der Waals surface area (Å²) in [5, 5.41) is 10.2. The zero-order valence-corrected chi connectivity index (χ0v) is 16.4. The highest BCUT2D eigenvalue weighted by Crippen LogP contribution is 2.27. The molecule has 0 bridgehead atoms. The average molecular weight is 392 g/mol. The third-order valence-corrected chi connectivity index (χ3v) is 5.42. The van der Waals surface area contributed by atoms with Crippen LogP contribution in [0, 0.1) is 0 Å². The van der Waals surface area contributed by atoms with E-state index in [0.717, 1.165) is 21.5 Å². The lowest BCUT2D eigenvalue weighted by molar-refractivity contribution is -0.117. The maximum Gasteiger partial charge on any atom is 0.267 e. The van der Waals surface area contributed by atoms with Crippen molar-refractivity contribution in [1.29, 1.82) is 0 Å². The highest BCUT2D eigenvalue weighted by Gasteiger charge is 2.12. The minimum atomic E-state index is -0.306. The Morgan fingerprint density at radius 2 is 2.00 bits per heavy atom. The van der Waals surface area contributed by atoms with Gasteiger partial charge in [-0.3, -0.25) is 9.59 Å². The van der Waals surface area contributed by atoms with E-state index in [1.165, 1.54) is 22.1 Å². The molecular weight excluding hydrogens is 372 g/mol. The largest absolute Gasteiger partial charge is 0.345 e. The van der Waals surface area contributed by atoms with Gasteiger partial charge in [0, 0.05) is 23.7 Å². The number of thiophene rings is 1. The smallest absolute Gasteiger partial charge is 0.267 e. The van der Waals surface area contributed by atoms with Crippen LogP contribution >= 0.6 is 11.3 Å². The Hall–Kier alpha value is -3.19. The number of carbonyl (C=O) groups is 1. The molecule has 28 heavy (non-hydrogen) atoms. The molecule has 0 aliphatic carbocycles. The summed E-state index contributed by atoms with van der Waals surface area (Å²) in [6, 6.07) is 15.1. The standard InChI is InChI=1S/C21H20N4O2S/c1-14(2)24-11-10-15-16(5-3-6-18(15)24)22-20(26)13-25-21(27)9-8-17(23-25)19-7-4-12-28-19/h3-12,14H,13H2,1-2H3,(H,22,26). The normalized spacial score (nSPS) is 11.2. The first-order valence-corrected chi connectivity index (χ1v) is 9.92. The molecule has 0 fully saturated rings. The molecule has 6 nitrogen and oxygen atoms in total. The fourth-order valence-corrected chi connectivity index (χ4v) is 3.88. The van der Waals surface area contributed by atoms with Crippen molar-refractivity contribution in [3.8, 4) is 10.6 Å². The van der Waals surface area contributed by atoms with Gasteiger partial charge in [0.15, 0.2) is 0 Å². The second kappa shape index (κ2) is 7.44. The van der Waals surface area contributed by atoms with Crippen LogP contribution in [0.4, 0.5) is 5.69 Å². The van der Waals surface area contributed by atoms with Crippen molar-refractivity contribution in [1.82, 2.24) is 14.3 Å². The Balaban J connectivity index is 1.58. The van der Waals surface area contributed by atoms with Gasteiger partial charge in [-0.05, 0) is 49.6 Å². The number of anilines is 1. The van der Waals surface area contributed by atoms with Gasteiger partial charge in [-0.25, -0.2) is 4.68 Å². The second-order valence-electron chi connectivity index (χ2n) is 6.80. The fraction of sp³-hybridized carbons (Fsp3) is 0.190. The first-order chi connectivity index (χ1) is 13.5. The SMILES string of the molecule is CC(C)n1ccc2c(NC(=O)Cn3nc(-c4cccs4)ccc3=O)cccc21. The molecule has 4 rings (SSSR count). The third kappa shape index (κ3) is 3.48. The van der Waals surface area contributed by atoms with Crippen molar-refractivity contribution in [2.75, 3.05) is 5.32 Å². The number of fused-ring (bicyclic) bond motifs is 1. The number of benzene rings is 1. The van der Waals surface area contributed by atoms with Crippen LogP contribution in [-0.2, 0) is 11.3 Å². The van der Waals surface area contributed by atoms with Crippen molar-refractivity contribution in [2.45, 2.75) is 26.4 Å². The molecule has 7 heteroatoms. The Kier molecular flexibility index (Phi) is 4.83. The zero-order chi connectivity index (χ0) is 19.7. The van der Waals surface area contributed by atoms with Crippen molar-refractivity contribution in [2.24, 2.45) is 0 Å². The highest BCUT2D eigenvalue weighted by atomic mass is 32.1. The van der Waals surface area contributed by atoms with Crippen LogP contribution in [0.2, 0.25) is 0 Å². The molecule has 4 aromatic rings. The van der Waals surface area contributed by atoms with E-state index in [1.807, 2.05) is 48.0 Å². The summed E-state index contributed by atoms with van der Waals surface area (Å²) in [5.74, 6) is -0.289.